The molecule has 0 spiro atoms. The van der Waals surface area contributed by atoms with Crippen LogP contribution in [0.1, 0.15) is 15.9 Å². The van der Waals surface area contributed by atoms with Crippen molar-refractivity contribution in [1.82, 2.24) is 20.2 Å². The van der Waals surface area contributed by atoms with E-state index in [2.05, 4.69) is 20.2 Å². The molecule has 6 rings (SSSR count). The molecule has 0 saturated heterocycles. The number of imidazole rings is 1. The van der Waals surface area contributed by atoms with Crippen LogP contribution in [-0.2, 0) is 0 Å². The van der Waals surface area contributed by atoms with E-state index in [-0.39, 0.29) is 37.3 Å². The summed E-state index contributed by atoms with van der Waals surface area (Å²) in [7, 11) is 0. The quantitative estimate of drug-likeness (QED) is 0.125. The fraction of sp³-hybridized carbons (Fsp3) is 0. The van der Waals surface area contributed by atoms with Crippen molar-refractivity contribution in [2.75, 3.05) is 0 Å². The first kappa shape index (κ1) is 24.6. The molecule has 10 heteroatoms. The average Bonchev–Trinajstić information content (AvgIpc) is 3.61. The Labute approximate surface area is 236 Å². The molecular formula is C28H14Cl4N4O2. The first-order valence-corrected chi connectivity index (χ1v) is 12.8. The minimum absolute atomic E-state index is 0.0448. The Bertz CT molecular complexity index is 1830. The molecule has 38 heavy (non-hydrogen) atoms. The summed E-state index contributed by atoms with van der Waals surface area (Å²) in [4.78, 5) is 20.9. The van der Waals surface area contributed by atoms with Crippen molar-refractivity contribution in [3.05, 3.63) is 110 Å². The normalized spacial score (nSPS) is 11.3. The number of rotatable bonds is 5. The van der Waals surface area contributed by atoms with Crippen LogP contribution in [0.25, 0.3) is 45.3 Å². The smallest absolute Gasteiger partial charge is 0.250 e. The number of nitrogens with one attached hydrogen (secondary N) is 1. The molecule has 0 amide bonds. The molecule has 2 heterocycles. The maximum atomic E-state index is 13.0. The first-order chi connectivity index (χ1) is 18.4. The summed E-state index contributed by atoms with van der Waals surface area (Å²) in [6, 6.07) is 23.5. The van der Waals surface area contributed by atoms with Crippen molar-refractivity contribution in [2.24, 2.45) is 0 Å². The van der Waals surface area contributed by atoms with Gasteiger partial charge in [0.05, 0.1) is 42.3 Å². The van der Waals surface area contributed by atoms with E-state index in [4.69, 9.17) is 50.8 Å². The van der Waals surface area contributed by atoms with Gasteiger partial charge < -0.3 is 9.40 Å². The fourth-order valence-corrected chi connectivity index (χ4v) is 5.12. The van der Waals surface area contributed by atoms with Crippen molar-refractivity contribution < 1.29 is 9.21 Å². The van der Waals surface area contributed by atoms with Crippen LogP contribution < -0.4 is 0 Å². The zero-order valence-electron chi connectivity index (χ0n) is 19.2. The predicted octanol–water partition coefficient (Wildman–Crippen LogP) is 8.79. The molecule has 0 atom stereocenters. The van der Waals surface area contributed by atoms with E-state index in [1.54, 1.807) is 30.3 Å². The summed E-state index contributed by atoms with van der Waals surface area (Å²) in [6.07, 6.45) is 0. The second-order valence-corrected chi connectivity index (χ2v) is 9.81. The molecule has 0 fully saturated rings. The number of carbonyl (C=O) groups excluding carboxylic acids is 1. The van der Waals surface area contributed by atoms with Gasteiger partial charge in [-0.05, 0) is 30.3 Å². The Hall–Kier alpha value is -3.68. The molecule has 0 radical (unpaired) electrons. The highest BCUT2D eigenvalue weighted by Gasteiger charge is 2.28. The lowest BCUT2D eigenvalue weighted by molar-refractivity contribution is 0.103. The summed E-state index contributed by atoms with van der Waals surface area (Å²) in [5, 5.41) is 8.65. The van der Waals surface area contributed by atoms with Crippen LogP contribution in [0.5, 0.6) is 0 Å². The summed E-state index contributed by atoms with van der Waals surface area (Å²) in [6.45, 7) is 0. The lowest BCUT2D eigenvalue weighted by Gasteiger charge is -2.12. The van der Waals surface area contributed by atoms with Gasteiger partial charge in [0.15, 0.2) is 5.78 Å². The standard InChI is InChI=1S/C28H14Cl4N4O2/c29-21-19(26-33-17-12-11-16(13-18(17)34-26)25(37)14-7-3-1-4-8-14)20(22(30)24(32)23(21)31)28-36-35-27(38-28)15-9-5-2-6-10-15/h1-13H,(H,33,34). The van der Waals surface area contributed by atoms with E-state index in [0.717, 1.165) is 5.56 Å². The summed E-state index contributed by atoms with van der Waals surface area (Å²) < 4.78 is 5.97. The van der Waals surface area contributed by atoms with Crippen molar-refractivity contribution in [3.8, 4) is 34.3 Å². The molecule has 0 bridgehead atoms. The Morgan fingerprint density at radius 2 is 1.32 bits per heavy atom. The number of nitrogens with zero attached hydrogens (tertiary/aromatic N) is 3. The highest BCUT2D eigenvalue weighted by atomic mass is 35.5. The van der Waals surface area contributed by atoms with Crippen LogP contribution in [0.4, 0.5) is 0 Å². The maximum Gasteiger partial charge on any atom is 0.250 e. The van der Waals surface area contributed by atoms with Crippen molar-refractivity contribution in [3.63, 3.8) is 0 Å². The van der Waals surface area contributed by atoms with Crippen LogP contribution in [0.2, 0.25) is 20.1 Å². The molecule has 0 saturated carbocycles. The number of ketones is 1. The Morgan fingerprint density at radius 1 is 0.684 bits per heavy atom. The number of halogens is 4. The number of aromatic nitrogens is 4. The molecule has 4 aromatic carbocycles. The van der Waals surface area contributed by atoms with Gasteiger partial charge in [0, 0.05) is 16.7 Å². The van der Waals surface area contributed by atoms with Gasteiger partial charge in [0.25, 0.3) is 5.89 Å². The molecule has 2 aromatic heterocycles. The molecule has 6 aromatic rings. The predicted molar refractivity (Wildman–Crippen MR) is 150 cm³/mol. The molecular weight excluding hydrogens is 566 g/mol. The Kier molecular flexibility index (Phi) is 6.41. The minimum Gasteiger partial charge on any atom is -0.416 e. The third-order valence-corrected chi connectivity index (χ3v) is 7.75. The van der Waals surface area contributed by atoms with Crippen molar-refractivity contribution >= 4 is 63.2 Å². The zero-order chi connectivity index (χ0) is 26.4. The van der Waals surface area contributed by atoms with Gasteiger partial charge in [-0.1, -0.05) is 94.9 Å². The highest BCUT2D eigenvalue weighted by molar-refractivity contribution is 6.54. The molecule has 186 valence electrons. The van der Waals surface area contributed by atoms with Gasteiger partial charge in [-0.25, -0.2) is 4.98 Å². The lowest BCUT2D eigenvalue weighted by atomic mass is 10.0. The zero-order valence-corrected chi connectivity index (χ0v) is 22.2. The summed E-state index contributed by atoms with van der Waals surface area (Å²) >= 11 is 26.2. The van der Waals surface area contributed by atoms with Gasteiger partial charge in [-0.2, -0.15) is 0 Å². The van der Waals surface area contributed by atoms with Crippen molar-refractivity contribution in [1.29, 1.82) is 0 Å². The van der Waals surface area contributed by atoms with E-state index < -0.39 is 0 Å². The number of hydrogen-bond donors (Lipinski definition) is 1. The van der Waals surface area contributed by atoms with Gasteiger partial charge in [-0.3, -0.25) is 4.79 Å². The van der Waals surface area contributed by atoms with Gasteiger partial charge in [-0.15, -0.1) is 10.2 Å². The number of aromatic amines is 1. The Balaban J connectivity index is 1.50. The molecule has 0 aliphatic heterocycles. The largest absolute Gasteiger partial charge is 0.416 e. The van der Waals surface area contributed by atoms with E-state index in [9.17, 15) is 4.79 Å². The van der Waals surface area contributed by atoms with Crippen LogP contribution in [-0.4, -0.2) is 25.9 Å². The molecule has 0 aliphatic carbocycles. The topological polar surface area (TPSA) is 84.7 Å². The van der Waals surface area contributed by atoms with E-state index >= 15 is 0 Å². The third kappa shape index (κ3) is 4.25. The number of hydrogen-bond acceptors (Lipinski definition) is 5. The molecule has 1 N–H and O–H groups in total. The molecule has 6 nitrogen and oxygen atoms in total. The van der Waals surface area contributed by atoms with Crippen LogP contribution in [0.3, 0.4) is 0 Å². The monoisotopic (exact) mass is 578 g/mol. The van der Waals surface area contributed by atoms with Crippen LogP contribution >= 0.6 is 46.4 Å². The minimum atomic E-state index is -0.112. The molecule has 0 unspecified atom stereocenters. The van der Waals surface area contributed by atoms with Gasteiger partial charge in [0.1, 0.15) is 5.82 Å². The van der Waals surface area contributed by atoms with Crippen LogP contribution in [0.15, 0.2) is 83.3 Å². The SMILES string of the molecule is O=C(c1ccccc1)c1ccc2nc(-c3c(Cl)c(Cl)c(Cl)c(Cl)c3-c3nnc(-c4ccccc4)o3)[nH]c2c1. The fourth-order valence-electron chi connectivity index (χ4n) is 4.10. The van der Waals surface area contributed by atoms with Gasteiger partial charge in [0.2, 0.25) is 5.89 Å². The average molecular weight is 580 g/mol. The van der Waals surface area contributed by atoms with Crippen LogP contribution in [0, 0.1) is 0 Å². The summed E-state index contributed by atoms with van der Waals surface area (Å²) in [5.74, 6) is 0.603. The number of benzene rings is 4. The Morgan fingerprint density at radius 3 is 2.03 bits per heavy atom. The van der Waals surface area contributed by atoms with Crippen molar-refractivity contribution in [2.45, 2.75) is 0 Å². The highest BCUT2D eigenvalue weighted by Crippen LogP contribution is 2.49. The summed E-state index contributed by atoms with van der Waals surface area (Å²) in [5.41, 5.74) is 3.64. The number of carbonyl (C=O) groups is 1. The van der Waals surface area contributed by atoms with E-state index in [1.165, 1.54) is 0 Å². The van der Waals surface area contributed by atoms with E-state index in [0.29, 0.717) is 39.4 Å². The second kappa shape index (κ2) is 9.89. The maximum absolute atomic E-state index is 13.0. The lowest BCUT2D eigenvalue weighted by Crippen LogP contribution is -2.00. The van der Waals surface area contributed by atoms with E-state index in [1.807, 2.05) is 48.5 Å². The number of H-pyrrole nitrogens is 1. The first-order valence-electron chi connectivity index (χ1n) is 11.3. The second-order valence-electron chi connectivity index (χ2n) is 8.30. The number of fused-ring (bicyclic) bond motifs is 1. The van der Waals surface area contributed by atoms with Gasteiger partial charge >= 0.3 is 0 Å². The molecule has 0 aliphatic rings. The third-order valence-electron chi connectivity index (χ3n) is 5.94.